The Morgan fingerprint density at radius 1 is 1.33 bits per heavy atom. The van der Waals surface area contributed by atoms with Crippen LogP contribution in [0.1, 0.15) is 47.2 Å². The predicted octanol–water partition coefficient (Wildman–Crippen LogP) is 3.12. The molecule has 0 radical (unpaired) electrons. The van der Waals surface area contributed by atoms with E-state index in [1.54, 1.807) is 6.20 Å². The minimum Gasteiger partial charge on any atom is -0.633 e. The van der Waals surface area contributed by atoms with Crippen LogP contribution in [-0.2, 0) is 16.8 Å². The maximum atomic E-state index is 13.1. The maximum Gasteiger partial charge on any atom is 0.309 e. The van der Waals surface area contributed by atoms with Gasteiger partial charge in [0.2, 0.25) is 0 Å². The third kappa shape index (κ3) is 3.59. The Hall–Kier alpha value is -2.68. The summed E-state index contributed by atoms with van der Waals surface area (Å²) in [7, 11) is 0. The lowest BCUT2D eigenvalue weighted by Gasteiger charge is -2.49. The zero-order chi connectivity index (χ0) is 19.1. The molecule has 5 heteroatoms. The number of hydrogen-bond acceptors (Lipinski definition) is 3. The minimum absolute atomic E-state index is 0.0814. The van der Waals surface area contributed by atoms with Gasteiger partial charge >= 0.3 is 5.97 Å². The summed E-state index contributed by atoms with van der Waals surface area (Å²) in [6.45, 7) is 2.95. The molecule has 1 aromatic carbocycles. The number of hydrogen-bond donors (Lipinski definition) is 1. The lowest BCUT2D eigenvalue weighted by atomic mass is 9.85. The Morgan fingerprint density at radius 3 is 2.85 bits per heavy atom. The Kier molecular flexibility index (Phi) is 4.26. The topological polar surface area (TPSA) is 73.2 Å². The van der Waals surface area contributed by atoms with Gasteiger partial charge in [0.15, 0.2) is 0 Å². The highest BCUT2D eigenvalue weighted by molar-refractivity contribution is 5.66. The first-order valence-corrected chi connectivity index (χ1v) is 9.25. The second-order valence-electron chi connectivity index (χ2n) is 7.81. The fourth-order valence-electron chi connectivity index (χ4n) is 4.07. The smallest absolute Gasteiger partial charge is 0.309 e. The number of quaternary nitrogens is 1. The van der Waals surface area contributed by atoms with Gasteiger partial charge in [0.1, 0.15) is 12.2 Å². The molecule has 1 atom stereocenters. The first kappa shape index (κ1) is 17.7. The van der Waals surface area contributed by atoms with E-state index in [0.717, 1.165) is 35.2 Å². The van der Waals surface area contributed by atoms with E-state index in [2.05, 4.69) is 22.9 Å². The van der Waals surface area contributed by atoms with Crippen molar-refractivity contribution in [3.8, 4) is 11.8 Å². The van der Waals surface area contributed by atoms with Crippen LogP contribution in [0, 0.1) is 24.0 Å². The molecule has 1 spiro atoms. The summed E-state index contributed by atoms with van der Waals surface area (Å²) in [5.74, 6) is 5.44. The van der Waals surface area contributed by atoms with Crippen molar-refractivity contribution in [2.24, 2.45) is 0 Å². The van der Waals surface area contributed by atoms with Gasteiger partial charge in [0, 0.05) is 22.7 Å². The van der Waals surface area contributed by atoms with Crippen molar-refractivity contribution in [2.45, 2.75) is 38.1 Å². The molecule has 1 fully saturated rings. The molecule has 0 saturated heterocycles. The Balaban J connectivity index is 1.62. The molecule has 1 N–H and O–H groups in total. The van der Waals surface area contributed by atoms with E-state index in [1.807, 2.05) is 31.2 Å². The lowest BCUT2D eigenvalue weighted by molar-refractivity contribution is -0.898. The number of pyridine rings is 1. The van der Waals surface area contributed by atoms with Gasteiger partial charge in [-0.05, 0) is 55.0 Å². The molecule has 2 aliphatic rings. The molecule has 27 heavy (non-hydrogen) atoms. The number of fused-ring (bicyclic) bond motifs is 2. The molecule has 1 saturated carbocycles. The van der Waals surface area contributed by atoms with E-state index in [4.69, 9.17) is 5.11 Å². The molecule has 2 heterocycles. The zero-order valence-corrected chi connectivity index (χ0v) is 15.4. The van der Waals surface area contributed by atoms with Gasteiger partial charge in [-0.2, -0.15) is 0 Å². The molecule has 0 amide bonds. The molecular formula is C22H22N2O3. The Bertz CT molecular complexity index is 969. The van der Waals surface area contributed by atoms with Gasteiger partial charge in [-0.3, -0.25) is 4.79 Å². The first-order valence-electron chi connectivity index (χ1n) is 9.25. The average molecular weight is 362 g/mol. The van der Waals surface area contributed by atoms with Crippen LogP contribution in [-0.4, -0.2) is 33.8 Å². The second kappa shape index (κ2) is 6.49. The third-order valence-corrected chi connectivity index (χ3v) is 5.65. The van der Waals surface area contributed by atoms with Crippen molar-refractivity contribution >= 4 is 5.97 Å². The van der Waals surface area contributed by atoms with E-state index >= 15 is 0 Å². The SMILES string of the molecule is Cc1cccnc1C#Cc1ccc2c(c1)C1(CC1)C[N+]([O-])(CCC(=O)O)C2. The van der Waals surface area contributed by atoms with E-state index in [9.17, 15) is 10.0 Å². The second-order valence-corrected chi connectivity index (χ2v) is 7.81. The molecule has 4 rings (SSSR count). The molecule has 1 aromatic heterocycles. The average Bonchev–Trinajstić information content (AvgIpc) is 3.39. The van der Waals surface area contributed by atoms with Crippen LogP contribution in [0.25, 0.3) is 0 Å². The summed E-state index contributed by atoms with van der Waals surface area (Å²) in [6.07, 6.45) is 3.64. The summed E-state index contributed by atoms with van der Waals surface area (Å²) >= 11 is 0. The quantitative estimate of drug-likeness (QED) is 0.517. The maximum absolute atomic E-state index is 13.1. The largest absolute Gasteiger partial charge is 0.633 e. The highest BCUT2D eigenvalue weighted by Crippen LogP contribution is 2.54. The normalized spacial score (nSPS) is 21.9. The summed E-state index contributed by atoms with van der Waals surface area (Å²) < 4.78 is -0.433. The number of benzene rings is 1. The van der Waals surface area contributed by atoms with Crippen molar-refractivity contribution in [2.75, 3.05) is 13.1 Å². The Labute approximate surface area is 158 Å². The zero-order valence-electron chi connectivity index (χ0n) is 15.4. The van der Waals surface area contributed by atoms with E-state index in [-0.39, 0.29) is 18.4 Å². The number of nitrogens with zero attached hydrogens (tertiary/aromatic N) is 2. The highest BCUT2D eigenvalue weighted by atomic mass is 16.5. The van der Waals surface area contributed by atoms with Crippen LogP contribution in [0.15, 0.2) is 36.5 Å². The van der Waals surface area contributed by atoms with Crippen molar-refractivity contribution < 1.29 is 14.5 Å². The molecule has 138 valence electrons. The minimum atomic E-state index is -0.908. The number of aliphatic carboxylic acids is 1. The van der Waals surface area contributed by atoms with Gasteiger partial charge in [-0.1, -0.05) is 18.1 Å². The lowest BCUT2D eigenvalue weighted by Crippen LogP contribution is -2.51. The van der Waals surface area contributed by atoms with Gasteiger partial charge in [-0.25, -0.2) is 4.98 Å². The molecular weight excluding hydrogens is 340 g/mol. The fraction of sp³-hybridized carbons (Fsp3) is 0.364. The number of rotatable bonds is 3. The molecule has 1 aliphatic heterocycles. The number of hydroxylamine groups is 3. The van der Waals surface area contributed by atoms with Crippen LogP contribution >= 0.6 is 0 Å². The number of carboxylic acid groups (broad SMARTS) is 1. The molecule has 2 aromatic rings. The Morgan fingerprint density at radius 2 is 2.15 bits per heavy atom. The summed E-state index contributed by atoms with van der Waals surface area (Å²) in [4.78, 5) is 15.2. The summed E-state index contributed by atoms with van der Waals surface area (Å²) in [6, 6.07) is 9.96. The van der Waals surface area contributed by atoms with Gasteiger partial charge in [0.05, 0.1) is 19.5 Å². The molecule has 1 aliphatic carbocycles. The van der Waals surface area contributed by atoms with Crippen LogP contribution in [0.2, 0.25) is 0 Å². The van der Waals surface area contributed by atoms with Crippen LogP contribution in [0.5, 0.6) is 0 Å². The summed E-state index contributed by atoms with van der Waals surface area (Å²) in [5.41, 5.74) is 4.94. The van der Waals surface area contributed by atoms with Crippen molar-refractivity contribution in [3.63, 3.8) is 0 Å². The van der Waals surface area contributed by atoms with Crippen LogP contribution in [0.4, 0.5) is 0 Å². The third-order valence-electron chi connectivity index (χ3n) is 5.65. The number of aromatic nitrogens is 1. The number of aryl methyl sites for hydroxylation is 1. The van der Waals surface area contributed by atoms with Crippen molar-refractivity contribution in [3.05, 3.63) is 69.7 Å². The van der Waals surface area contributed by atoms with Crippen LogP contribution in [0.3, 0.4) is 0 Å². The molecule has 0 bridgehead atoms. The van der Waals surface area contributed by atoms with Crippen molar-refractivity contribution in [1.29, 1.82) is 0 Å². The first-order chi connectivity index (χ1) is 12.9. The predicted molar refractivity (Wildman–Crippen MR) is 102 cm³/mol. The van der Waals surface area contributed by atoms with E-state index < -0.39 is 10.6 Å². The van der Waals surface area contributed by atoms with Crippen molar-refractivity contribution in [1.82, 2.24) is 4.98 Å². The van der Waals surface area contributed by atoms with E-state index in [0.29, 0.717) is 13.1 Å². The van der Waals surface area contributed by atoms with Gasteiger partial charge in [-0.15, -0.1) is 0 Å². The number of carbonyl (C=O) groups is 1. The van der Waals surface area contributed by atoms with E-state index in [1.165, 1.54) is 5.56 Å². The monoisotopic (exact) mass is 362 g/mol. The standard InChI is InChI=1S/C22H22N2O3/c1-16-3-2-11-23-20(16)7-5-17-4-6-18-14-24(27,12-8-21(25)26)15-22(9-10-22)19(18)13-17/h2-4,6,11,13H,8-10,12,14-15H2,1H3,(H,25,26). The molecule has 1 unspecified atom stereocenters. The van der Waals surface area contributed by atoms with Crippen LogP contribution < -0.4 is 0 Å². The number of carboxylic acids is 1. The fourth-order valence-corrected chi connectivity index (χ4v) is 4.07. The molecule has 5 nitrogen and oxygen atoms in total. The van der Waals surface area contributed by atoms with Gasteiger partial charge in [0.25, 0.3) is 0 Å². The summed E-state index contributed by atoms with van der Waals surface area (Å²) in [5, 5.41) is 22.1. The highest BCUT2D eigenvalue weighted by Gasteiger charge is 2.53. The van der Waals surface area contributed by atoms with Gasteiger partial charge < -0.3 is 15.0 Å².